The molecule has 0 aliphatic rings. The van der Waals surface area contributed by atoms with Crippen molar-refractivity contribution < 1.29 is 9.72 Å². The second-order valence-corrected chi connectivity index (χ2v) is 4.33. The molecule has 5 heteroatoms. The van der Waals surface area contributed by atoms with Crippen LogP contribution in [0.3, 0.4) is 0 Å². The zero-order valence-corrected chi connectivity index (χ0v) is 10.2. The first-order chi connectivity index (χ1) is 7.91. The van der Waals surface area contributed by atoms with E-state index in [-0.39, 0.29) is 17.4 Å². The van der Waals surface area contributed by atoms with E-state index in [0.717, 1.165) is 0 Å². The van der Waals surface area contributed by atoms with Gasteiger partial charge in [-0.05, 0) is 14.1 Å². The summed E-state index contributed by atoms with van der Waals surface area (Å²) < 4.78 is 0. The molecule has 1 aromatic rings. The molecular formula is C12H16N2O3. The molecular weight excluding hydrogens is 220 g/mol. The van der Waals surface area contributed by atoms with E-state index in [1.54, 1.807) is 6.07 Å². The van der Waals surface area contributed by atoms with Crippen molar-refractivity contribution in [3.05, 3.63) is 39.9 Å². The van der Waals surface area contributed by atoms with Crippen molar-refractivity contribution in [2.75, 3.05) is 20.6 Å². The van der Waals surface area contributed by atoms with Crippen LogP contribution in [0.5, 0.6) is 0 Å². The Labute approximate surface area is 100 Å². The zero-order valence-electron chi connectivity index (χ0n) is 10.2. The van der Waals surface area contributed by atoms with E-state index in [1.165, 1.54) is 18.2 Å². The first kappa shape index (κ1) is 13.3. The molecule has 17 heavy (non-hydrogen) atoms. The lowest BCUT2D eigenvalue weighted by atomic mass is 9.99. The van der Waals surface area contributed by atoms with Gasteiger partial charge in [-0.15, -0.1) is 0 Å². The number of benzene rings is 1. The van der Waals surface area contributed by atoms with Crippen molar-refractivity contribution >= 4 is 11.5 Å². The molecule has 1 rings (SSSR count). The van der Waals surface area contributed by atoms with Crippen LogP contribution in [0, 0.1) is 16.0 Å². The van der Waals surface area contributed by atoms with Crippen LogP contribution in [-0.4, -0.2) is 36.2 Å². The highest BCUT2D eigenvalue weighted by Gasteiger charge is 2.18. The van der Waals surface area contributed by atoms with Gasteiger partial charge in [0, 0.05) is 30.2 Å². The van der Waals surface area contributed by atoms with Crippen molar-refractivity contribution in [3.8, 4) is 0 Å². The molecule has 0 heterocycles. The first-order valence-electron chi connectivity index (χ1n) is 5.35. The van der Waals surface area contributed by atoms with Crippen molar-refractivity contribution in [1.82, 2.24) is 4.90 Å². The third kappa shape index (κ3) is 3.64. The second-order valence-electron chi connectivity index (χ2n) is 4.33. The Morgan fingerprint density at radius 3 is 2.65 bits per heavy atom. The van der Waals surface area contributed by atoms with E-state index in [4.69, 9.17) is 0 Å². The lowest BCUT2D eigenvalue weighted by molar-refractivity contribution is -0.384. The molecule has 0 radical (unpaired) electrons. The van der Waals surface area contributed by atoms with Gasteiger partial charge in [0.05, 0.1) is 4.92 Å². The Morgan fingerprint density at radius 2 is 2.12 bits per heavy atom. The van der Waals surface area contributed by atoms with E-state index < -0.39 is 4.92 Å². The second kappa shape index (κ2) is 5.54. The summed E-state index contributed by atoms with van der Waals surface area (Å²) >= 11 is 0. The SMILES string of the molecule is C[C@@H](CN(C)C)C(=O)c1cccc([N+](=O)[O-])c1. The maximum Gasteiger partial charge on any atom is 0.270 e. The molecule has 0 aliphatic carbocycles. The number of nitro benzene ring substituents is 1. The minimum atomic E-state index is -0.493. The molecule has 92 valence electrons. The summed E-state index contributed by atoms with van der Waals surface area (Å²) in [5.74, 6) is -0.241. The number of carbonyl (C=O) groups excluding carboxylic acids is 1. The molecule has 0 saturated carbocycles. The first-order valence-corrected chi connectivity index (χ1v) is 5.35. The molecule has 0 unspecified atom stereocenters. The van der Waals surface area contributed by atoms with Crippen molar-refractivity contribution in [2.24, 2.45) is 5.92 Å². The average molecular weight is 236 g/mol. The molecule has 0 N–H and O–H groups in total. The quantitative estimate of drug-likeness (QED) is 0.445. The number of nitrogens with zero attached hydrogens (tertiary/aromatic N) is 2. The van der Waals surface area contributed by atoms with Crippen LogP contribution >= 0.6 is 0 Å². The summed E-state index contributed by atoms with van der Waals surface area (Å²) in [6.45, 7) is 2.45. The Kier molecular flexibility index (Phi) is 4.34. The lowest BCUT2D eigenvalue weighted by Gasteiger charge is -2.15. The monoisotopic (exact) mass is 236 g/mol. The van der Waals surface area contributed by atoms with Crippen LogP contribution in [-0.2, 0) is 0 Å². The van der Waals surface area contributed by atoms with Crippen LogP contribution < -0.4 is 0 Å². The van der Waals surface area contributed by atoms with Crippen molar-refractivity contribution in [1.29, 1.82) is 0 Å². The van der Waals surface area contributed by atoms with Gasteiger partial charge in [-0.3, -0.25) is 14.9 Å². The van der Waals surface area contributed by atoms with Gasteiger partial charge in [0.1, 0.15) is 0 Å². The van der Waals surface area contributed by atoms with Gasteiger partial charge in [-0.2, -0.15) is 0 Å². The van der Waals surface area contributed by atoms with Crippen LogP contribution in [0.1, 0.15) is 17.3 Å². The number of Topliss-reactive ketones (excluding diaryl/α,β-unsaturated/α-hetero) is 1. The van der Waals surface area contributed by atoms with Crippen LogP contribution in [0.15, 0.2) is 24.3 Å². The van der Waals surface area contributed by atoms with E-state index in [9.17, 15) is 14.9 Å². The number of rotatable bonds is 5. The van der Waals surface area contributed by atoms with Crippen molar-refractivity contribution in [2.45, 2.75) is 6.92 Å². The molecule has 1 atom stereocenters. The minimum Gasteiger partial charge on any atom is -0.309 e. The molecule has 0 aromatic heterocycles. The molecule has 1 aromatic carbocycles. The topological polar surface area (TPSA) is 63.5 Å². The fourth-order valence-electron chi connectivity index (χ4n) is 1.69. The number of carbonyl (C=O) groups is 1. The number of hydrogen-bond acceptors (Lipinski definition) is 4. The predicted octanol–water partition coefficient (Wildman–Crippen LogP) is 1.98. The van der Waals surface area contributed by atoms with Gasteiger partial charge in [-0.25, -0.2) is 0 Å². The molecule has 0 fully saturated rings. The molecule has 0 amide bonds. The van der Waals surface area contributed by atoms with Gasteiger partial charge in [-0.1, -0.05) is 19.1 Å². The highest BCUT2D eigenvalue weighted by atomic mass is 16.6. The summed E-state index contributed by atoms with van der Waals surface area (Å²) in [5, 5.41) is 10.6. The largest absolute Gasteiger partial charge is 0.309 e. The van der Waals surface area contributed by atoms with E-state index in [0.29, 0.717) is 12.1 Å². The predicted molar refractivity (Wildman–Crippen MR) is 65.1 cm³/mol. The maximum atomic E-state index is 12.0. The number of ketones is 1. The number of non-ortho nitro benzene ring substituents is 1. The fourth-order valence-corrected chi connectivity index (χ4v) is 1.69. The molecule has 0 bridgehead atoms. The molecule has 0 saturated heterocycles. The Morgan fingerprint density at radius 1 is 1.47 bits per heavy atom. The normalized spacial score (nSPS) is 12.5. The van der Waals surface area contributed by atoms with Gasteiger partial charge in [0.2, 0.25) is 0 Å². The van der Waals surface area contributed by atoms with E-state index >= 15 is 0 Å². The number of nitro groups is 1. The van der Waals surface area contributed by atoms with E-state index in [2.05, 4.69) is 0 Å². The highest BCUT2D eigenvalue weighted by Crippen LogP contribution is 2.16. The van der Waals surface area contributed by atoms with Crippen LogP contribution in [0.2, 0.25) is 0 Å². The van der Waals surface area contributed by atoms with Crippen LogP contribution in [0.25, 0.3) is 0 Å². The van der Waals surface area contributed by atoms with Gasteiger partial charge >= 0.3 is 0 Å². The Balaban J connectivity index is 2.89. The van der Waals surface area contributed by atoms with E-state index in [1.807, 2.05) is 25.9 Å². The summed E-state index contributed by atoms with van der Waals surface area (Å²) in [5.41, 5.74) is 0.349. The standard InChI is InChI=1S/C12H16N2O3/c1-9(8-13(2)3)12(15)10-5-4-6-11(7-10)14(16)17/h4-7,9H,8H2,1-3H3/t9-/m0/s1. The minimum absolute atomic E-state index is 0.0482. The third-order valence-corrected chi connectivity index (χ3v) is 2.43. The van der Waals surface area contributed by atoms with Gasteiger partial charge in [0.15, 0.2) is 5.78 Å². The zero-order chi connectivity index (χ0) is 13.0. The summed E-state index contributed by atoms with van der Waals surface area (Å²) in [7, 11) is 3.77. The molecule has 0 aliphatic heterocycles. The van der Waals surface area contributed by atoms with Gasteiger partial charge in [0.25, 0.3) is 5.69 Å². The number of hydrogen-bond donors (Lipinski definition) is 0. The maximum absolute atomic E-state index is 12.0. The molecule has 5 nitrogen and oxygen atoms in total. The van der Waals surface area contributed by atoms with Crippen LogP contribution in [0.4, 0.5) is 5.69 Å². The smallest absolute Gasteiger partial charge is 0.270 e. The van der Waals surface area contributed by atoms with Crippen molar-refractivity contribution in [3.63, 3.8) is 0 Å². The van der Waals surface area contributed by atoms with Gasteiger partial charge < -0.3 is 4.90 Å². The third-order valence-electron chi connectivity index (χ3n) is 2.43. The summed E-state index contributed by atoms with van der Waals surface area (Å²) in [6.07, 6.45) is 0. The summed E-state index contributed by atoms with van der Waals surface area (Å²) in [4.78, 5) is 24.0. The fraction of sp³-hybridized carbons (Fsp3) is 0.417. The Hall–Kier alpha value is -1.75. The Bertz CT molecular complexity index is 430. The highest BCUT2D eigenvalue weighted by molar-refractivity contribution is 5.98. The lowest BCUT2D eigenvalue weighted by Crippen LogP contribution is -2.25. The summed E-state index contributed by atoms with van der Waals surface area (Å²) in [6, 6.07) is 5.86. The molecule has 0 spiro atoms. The average Bonchev–Trinajstić information content (AvgIpc) is 2.27.